The number of hydrogen-bond acceptors (Lipinski definition) is 3. The molecule has 1 heterocycles. The van der Waals surface area contributed by atoms with Crippen LogP contribution in [0.1, 0.15) is 44.9 Å². The van der Waals surface area contributed by atoms with Crippen LogP contribution in [0.15, 0.2) is 0 Å². The Bertz CT molecular complexity index is 256. The maximum absolute atomic E-state index is 11.8. The molecule has 0 aromatic heterocycles. The van der Waals surface area contributed by atoms with E-state index in [1.54, 1.807) is 0 Å². The third-order valence-corrected chi connectivity index (χ3v) is 4.35. The van der Waals surface area contributed by atoms with Crippen LogP contribution in [-0.4, -0.2) is 43.0 Å². The molecule has 4 heteroatoms. The second-order valence-electron chi connectivity index (χ2n) is 5.90. The first kappa shape index (κ1) is 13.8. The maximum atomic E-state index is 11.8. The minimum Gasteiger partial charge on any atom is -0.355 e. The van der Waals surface area contributed by atoms with Gasteiger partial charge in [-0.05, 0) is 25.2 Å². The lowest BCUT2D eigenvalue weighted by atomic mass is 10.0. The topological polar surface area (TPSA) is 58.4 Å². The monoisotopic (exact) mass is 253 g/mol. The molecule has 0 bridgehead atoms. The Morgan fingerprint density at radius 1 is 1.17 bits per heavy atom. The summed E-state index contributed by atoms with van der Waals surface area (Å²) in [6.45, 7) is 3.35. The lowest BCUT2D eigenvalue weighted by molar-refractivity contribution is -0.122. The molecule has 1 aliphatic heterocycles. The molecule has 1 amide bonds. The number of nitrogens with two attached hydrogens (primary N) is 1. The lowest BCUT2D eigenvalue weighted by Crippen LogP contribution is -2.44. The fourth-order valence-corrected chi connectivity index (χ4v) is 3.08. The van der Waals surface area contributed by atoms with Crippen LogP contribution < -0.4 is 11.1 Å². The van der Waals surface area contributed by atoms with E-state index in [0.717, 1.165) is 44.8 Å². The number of hydrogen-bond donors (Lipinski definition) is 2. The fraction of sp³-hybridized carbons (Fsp3) is 0.929. The molecule has 0 unspecified atom stereocenters. The molecule has 0 spiro atoms. The summed E-state index contributed by atoms with van der Waals surface area (Å²) < 4.78 is 0. The predicted octanol–water partition coefficient (Wildman–Crippen LogP) is 1.11. The molecule has 3 N–H and O–H groups in total. The second kappa shape index (κ2) is 7.10. The molecule has 1 saturated carbocycles. The van der Waals surface area contributed by atoms with Gasteiger partial charge in [-0.3, -0.25) is 9.69 Å². The molecule has 2 aliphatic rings. The van der Waals surface area contributed by atoms with Crippen molar-refractivity contribution >= 4 is 5.91 Å². The second-order valence-corrected chi connectivity index (χ2v) is 5.90. The molecular formula is C14H27N3O. The Hall–Kier alpha value is -0.610. The zero-order chi connectivity index (χ0) is 12.8. The molecule has 4 nitrogen and oxygen atoms in total. The van der Waals surface area contributed by atoms with Gasteiger partial charge in [0.05, 0.1) is 6.54 Å². The summed E-state index contributed by atoms with van der Waals surface area (Å²) >= 11 is 0. The molecule has 0 radical (unpaired) electrons. The number of nitrogens with one attached hydrogen (secondary N) is 1. The molecule has 1 aliphatic carbocycles. The van der Waals surface area contributed by atoms with Crippen LogP contribution in [0.3, 0.4) is 0 Å². The standard InChI is InChI=1S/C14H27N3O/c15-13-6-9-17(10-7-13)11-14(18)16-8-5-12-3-1-2-4-12/h12-13H,1-11,15H2,(H,16,18). The van der Waals surface area contributed by atoms with Crippen molar-refractivity contribution in [2.75, 3.05) is 26.2 Å². The van der Waals surface area contributed by atoms with Gasteiger partial charge in [0.25, 0.3) is 0 Å². The van der Waals surface area contributed by atoms with Crippen LogP contribution in [0, 0.1) is 5.92 Å². The average Bonchev–Trinajstić information content (AvgIpc) is 2.85. The van der Waals surface area contributed by atoms with Crippen molar-refractivity contribution in [2.45, 2.75) is 51.0 Å². The van der Waals surface area contributed by atoms with Crippen LogP contribution in [0.25, 0.3) is 0 Å². The van der Waals surface area contributed by atoms with E-state index in [9.17, 15) is 4.79 Å². The zero-order valence-electron chi connectivity index (χ0n) is 11.4. The highest BCUT2D eigenvalue weighted by Gasteiger charge is 2.18. The quantitative estimate of drug-likeness (QED) is 0.771. The summed E-state index contributed by atoms with van der Waals surface area (Å²) in [6, 6.07) is 0.340. The van der Waals surface area contributed by atoms with E-state index in [2.05, 4.69) is 10.2 Å². The molecule has 1 saturated heterocycles. The third kappa shape index (κ3) is 4.58. The van der Waals surface area contributed by atoms with Gasteiger partial charge in [-0.25, -0.2) is 0 Å². The highest BCUT2D eigenvalue weighted by atomic mass is 16.2. The Kier molecular flexibility index (Phi) is 5.45. The molecule has 18 heavy (non-hydrogen) atoms. The largest absolute Gasteiger partial charge is 0.355 e. The zero-order valence-corrected chi connectivity index (χ0v) is 11.4. The normalized spacial score (nSPS) is 23.4. The van der Waals surface area contributed by atoms with Gasteiger partial charge in [0.2, 0.25) is 5.91 Å². The summed E-state index contributed by atoms with van der Waals surface area (Å²) in [5.41, 5.74) is 5.85. The van der Waals surface area contributed by atoms with Crippen LogP contribution in [0.2, 0.25) is 0 Å². The van der Waals surface area contributed by atoms with Crippen molar-refractivity contribution in [1.29, 1.82) is 0 Å². The summed E-state index contributed by atoms with van der Waals surface area (Å²) in [7, 11) is 0. The number of likely N-dealkylation sites (tertiary alicyclic amines) is 1. The molecule has 2 fully saturated rings. The molecule has 104 valence electrons. The summed E-state index contributed by atoms with van der Waals surface area (Å²) in [4.78, 5) is 14.0. The van der Waals surface area contributed by atoms with E-state index in [1.807, 2.05) is 0 Å². The first-order valence-corrected chi connectivity index (χ1v) is 7.48. The Balaban J connectivity index is 1.54. The van der Waals surface area contributed by atoms with Crippen molar-refractivity contribution in [3.8, 4) is 0 Å². The van der Waals surface area contributed by atoms with E-state index >= 15 is 0 Å². The van der Waals surface area contributed by atoms with E-state index in [-0.39, 0.29) is 5.91 Å². The van der Waals surface area contributed by atoms with Gasteiger partial charge in [0.1, 0.15) is 0 Å². The average molecular weight is 253 g/mol. The number of amides is 1. The van der Waals surface area contributed by atoms with Crippen LogP contribution in [0.4, 0.5) is 0 Å². The van der Waals surface area contributed by atoms with Gasteiger partial charge in [0.15, 0.2) is 0 Å². The number of carbonyl (C=O) groups excluding carboxylic acids is 1. The molecular weight excluding hydrogens is 226 g/mol. The van der Waals surface area contributed by atoms with Crippen molar-refractivity contribution in [1.82, 2.24) is 10.2 Å². The molecule has 0 atom stereocenters. The Morgan fingerprint density at radius 3 is 2.50 bits per heavy atom. The van der Waals surface area contributed by atoms with Crippen LogP contribution >= 0.6 is 0 Å². The summed E-state index contributed by atoms with van der Waals surface area (Å²) in [5, 5.41) is 3.06. The van der Waals surface area contributed by atoms with E-state index in [1.165, 1.54) is 25.7 Å². The summed E-state index contributed by atoms with van der Waals surface area (Å²) in [5.74, 6) is 1.04. The van der Waals surface area contributed by atoms with Gasteiger partial charge >= 0.3 is 0 Å². The first-order chi connectivity index (χ1) is 8.74. The predicted molar refractivity (Wildman–Crippen MR) is 73.2 cm³/mol. The van der Waals surface area contributed by atoms with Gasteiger partial charge in [-0.15, -0.1) is 0 Å². The van der Waals surface area contributed by atoms with E-state index in [4.69, 9.17) is 5.73 Å². The molecule has 0 aromatic rings. The maximum Gasteiger partial charge on any atom is 0.234 e. The van der Waals surface area contributed by atoms with Gasteiger partial charge in [-0.2, -0.15) is 0 Å². The Labute approximate surface area is 110 Å². The van der Waals surface area contributed by atoms with Crippen molar-refractivity contribution < 1.29 is 4.79 Å². The van der Waals surface area contributed by atoms with Crippen molar-refractivity contribution in [3.05, 3.63) is 0 Å². The van der Waals surface area contributed by atoms with Gasteiger partial charge < -0.3 is 11.1 Å². The molecule has 0 aromatic carbocycles. The minimum absolute atomic E-state index is 0.184. The number of nitrogens with zero attached hydrogens (tertiary/aromatic N) is 1. The number of carbonyl (C=O) groups is 1. The highest BCUT2D eigenvalue weighted by Crippen LogP contribution is 2.26. The minimum atomic E-state index is 0.184. The van der Waals surface area contributed by atoms with Crippen molar-refractivity contribution in [3.63, 3.8) is 0 Å². The van der Waals surface area contributed by atoms with E-state index in [0.29, 0.717) is 12.6 Å². The highest BCUT2D eigenvalue weighted by molar-refractivity contribution is 5.77. The van der Waals surface area contributed by atoms with Crippen LogP contribution in [0.5, 0.6) is 0 Å². The third-order valence-electron chi connectivity index (χ3n) is 4.35. The summed E-state index contributed by atoms with van der Waals surface area (Å²) in [6.07, 6.45) is 8.69. The SMILES string of the molecule is NC1CCN(CC(=O)NCCC2CCCC2)CC1. The lowest BCUT2D eigenvalue weighted by Gasteiger charge is -2.29. The van der Waals surface area contributed by atoms with E-state index < -0.39 is 0 Å². The van der Waals surface area contributed by atoms with Gasteiger partial charge in [-0.1, -0.05) is 25.7 Å². The number of piperidine rings is 1. The smallest absolute Gasteiger partial charge is 0.234 e. The Morgan fingerprint density at radius 2 is 1.83 bits per heavy atom. The van der Waals surface area contributed by atoms with Crippen molar-refractivity contribution in [2.24, 2.45) is 11.7 Å². The fourth-order valence-electron chi connectivity index (χ4n) is 3.08. The van der Waals surface area contributed by atoms with Gasteiger partial charge in [0, 0.05) is 25.7 Å². The van der Waals surface area contributed by atoms with Crippen LogP contribution in [-0.2, 0) is 4.79 Å². The molecule has 2 rings (SSSR count). The number of rotatable bonds is 5. The first-order valence-electron chi connectivity index (χ1n) is 7.48.